The molecule has 0 fully saturated rings. The summed E-state index contributed by atoms with van der Waals surface area (Å²) in [4.78, 5) is 28.7. The molecule has 24 heavy (non-hydrogen) atoms. The summed E-state index contributed by atoms with van der Waals surface area (Å²) in [5.41, 5.74) is 0.650. The Balaban J connectivity index is 1.71. The Hall–Kier alpha value is -1.77. The highest BCUT2D eigenvalue weighted by molar-refractivity contribution is 7.14. The molecule has 8 heteroatoms. The minimum Gasteiger partial charge on any atom is -0.379 e. The zero-order valence-electron chi connectivity index (χ0n) is 13.7. The maximum absolute atomic E-state index is 11.9. The molecule has 0 unspecified atom stereocenters. The van der Waals surface area contributed by atoms with Crippen molar-refractivity contribution in [2.24, 2.45) is 0 Å². The number of thiophene rings is 1. The molecule has 0 aliphatic rings. The topological polar surface area (TPSA) is 80.3 Å². The number of rotatable bonds is 9. The minimum atomic E-state index is -0.180. The van der Waals surface area contributed by atoms with Crippen LogP contribution in [0.4, 0.5) is 5.13 Å². The zero-order chi connectivity index (χ0) is 17.4. The van der Waals surface area contributed by atoms with Crippen molar-refractivity contribution in [2.75, 3.05) is 18.5 Å². The van der Waals surface area contributed by atoms with Gasteiger partial charge in [0, 0.05) is 18.5 Å². The van der Waals surface area contributed by atoms with Crippen LogP contribution in [-0.4, -0.2) is 36.1 Å². The second-order valence-electron chi connectivity index (χ2n) is 5.38. The normalized spacial score (nSPS) is 10.8. The number of nitrogens with zero attached hydrogens (tertiary/aromatic N) is 1. The van der Waals surface area contributed by atoms with Crippen molar-refractivity contribution < 1.29 is 14.3 Å². The maximum atomic E-state index is 11.9. The Morgan fingerprint density at radius 2 is 2.17 bits per heavy atom. The van der Waals surface area contributed by atoms with Crippen LogP contribution in [0.3, 0.4) is 0 Å². The molecule has 2 N–H and O–H groups in total. The molecule has 0 bridgehead atoms. The van der Waals surface area contributed by atoms with Crippen LogP contribution in [-0.2, 0) is 16.0 Å². The van der Waals surface area contributed by atoms with Crippen molar-refractivity contribution in [1.29, 1.82) is 0 Å². The number of ether oxygens (including phenoxy) is 1. The van der Waals surface area contributed by atoms with Crippen molar-refractivity contribution in [3.8, 4) is 0 Å². The first kappa shape index (κ1) is 18.6. The maximum Gasteiger partial charge on any atom is 0.267 e. The largest absolute Gasteiger partial charge is 0.379 e. The molecular formula is C16H21N3O3S2. The second kappa shape index (κ2) is 9.51. The fraction of sp³-hybridized carbons (Fsp3) is 0.438. The van der Waals surface area contributed by atoms with E-state index in [0.29, 0.717) is 28.9 Å². The molecular weight excluding hydrogens is 346 g/mol. The van der Waals surface area contributed by atoms with Gasteiger partial charge in [-0.15, -0.1) is 22.7 Å². The Morgan fingerprint density at radius 1 is 1.33 bits per heavy atom. The fourth-order valence-electron chi connectivity index (χ4n) is 1.86. The summed E-state index contributed by atoms with van der Waals surface area (Å²) in [6, 6.07) is 3.58. The van der Waals surface area contributed by atoms with Crippen LogP contribution in [0.5, 0.6) is 0 Å². The summed E-state index contributed by atoms with van der Waals surface area (Å²) in [6.45, 7) is 5.18. The third kappa shape index (κ3) is 6.38. The van der Waals surface area contributed by atoms with Gasteiger partial charge in [0.1, 0.15) is 0 Å². The van der Waals surface area contributed by atoms with Crippen molar-refractivity contribution in [2.45, 2.75) is 32.8 Å². The van der Waals surface area contributed by atoms with Gasteiger partial charge >= 0.3 is 0 Å². The highest BCUT2D eigenvalue weighted by atomic mass is 32.1. The lowest BCUT2D eigenvalue weighted by atomic mass is 10.3. The standard InChI is InChI=1S/C16H21N3O3S2/c1-11(2)22-7-4-6-17-14(20)9-12-10-24-16(18-12)19-15(21)13-5-3-8-23-13/h3,5,8,10-11H,4,6-7,9H2,1-2H3,(H,17,20)(H,18,19,21). The van der Waals surface area contributed by atoms with Gasteiger partial charge in [0.05, 0.1) is 23.1 Å². The van der Waals surface area contributed by atoms with Crippen molar-refractivity contribution in [3.05, 3.63) is 33.5 Å². The van der Waals surface area contributed by atoms with Gasteiger partial charge in [-0.1, -0.05) is 6.07 Å². The van der Waals surface area contributed by atoms with Gasteiger partial charge in [-0.2, -0.15) is 0 Å². The number of aromatic nitrogens is 1. The molecule has 2 aromatic rings. The summed E-state index contributed by atoms with van der Waals surface area (Å²) in [6.07, 6.45) is 1.19. The van der Waals surface area contributed by atoms with Gasteiger partial charge < -0.3 is 10.1 Å². The highest BCUT2D eigenvalue weighted by Gasteiger charge is 2.11. The van der Waals surface area contributed by atoms with Gasteiger partial charge in [0.15, 0.2) is 5.13 Å². The van der Waals surface area contributed by atoms with Crippen LogP contribution in [0.1, 0.15) is 35.6 Å². The summed E-state index contributed by atoms with van der Waals surface area (Å²) >= 11 is 2.69. The average molecular weight is 367 g/mol. The smallest absolute Gasteiger partial charge is 0.267 e. The Labute approximate surface area is 149 Å². The predicted octanol–water partition coefficient (Wildman–Crippen LogP) is 2.93. The number of carbonyl (C=O) groups excluding carboxylic acids is 2. The van der Waals surface area contributed by atoms with Crippen LogP contribution in [0.2, 0.25) is 0 Å². The number of anilines is 1. The number of hydrogen-bond donors (Lipinski definition) is 2. The SMILES string of the molecule is CC(C)OCCCNC(=O)Cc1csc(NC(=O)c2cccs2)n1. The van der Waals surface area contributed by atoms with E-state index in [-0.39, 0.29) is 24.3 Å². The number of amides is 2. The van der Waals surface area contributed by atoms with Crippen LogP contribution < -0.4 is 10.6 Å². The predicted molar refractivity (Wildman–Crippen MR) is 96.8 cm³/mol. The minimum absolute atomic E-state index is 0.0824. The molecule has 0 radical (unpaired) electrons. The molecule has 0 aromatic carbocycles. The fourth-order valence-corrected chi connectivity index (χ4v) is 3.18. The monoisotopic (exact) mass is 367 g/mol. The van der Waals surface area contributed by atoms with E-state index >= 15 is 0 Å². The van der Waals surface area contributed by atoms with Gasteiger partial charge in [-0.3, -0.25) is 14.9 Å². The quantitative estimate of drug-likeness (QED) is 0.668. The first-order valence-electron chi connectivity index (χ1n) is 7.72. The second-order valence-corrected chi connectivity index (χ2v) is 7.18. The van der Waals surface area contributed by atoms with Gasteiger partial charge in [-0.25, -0.2) is 4.98 Å². The van der Waals surface area contributed by atoms with Gasteiger partial charge in [0.2, 0.25) is 5.91 Å². The van der Waals surface area contributed by atoms with Crippen LogP contribution >= 0.6 is 22.7 Å². The molecule has 2 amide bonds. The van der Waals surface area contributed by atoms with Crippen molar-refractivity contribution >= 4 is 39.6 Å². The molecule has 0 aliphatic heterocycles. The molecule has 2 aromatic heterocycles. The molecule has 2 rings (SSSR count). The van der Waals surface area contributed by atoms with Crippen molar-refractivity contribution in [3.63, 3.8) is 0 Å². The van der Waals surface area contributed by atoms with Crippen LogP contribution in [0, 0.1) is 0 Å². The van der Waals surface area contributed by atoms with Gasteiger partial charge in [0.25, 0.3) is 5.91 Å². The Bertz CT molecular complexity index is 653. The first-order chi connectivity index (χ1) is 11.5. The molecule has 2 heterocycles. The lowest BCUT2D eigenvalue weighted by Gasteiger charge is -2.07. The van der Waals surface area contributed by atoms with E-state index in [0.717, 1.165) is 6.42 Å². The zero-order valence-corrected chi connectivity index (χ0v) is 15.3. The lowest BCUT2D eigenvalue weighted by Crippen LogP contribution is -2.27. The number of carbonyl (C=O) groups is 2. The average Bonchev–Trinajstić information content (AvgIpc) is 3.18. The van der Waals surface area contributed by atoms with Crippen molar-refractivity contribution in [1.82, 2.24) is 10.3 Å². The summed E-state index contributed by atoms with van der Waals surface area (Å²) in [5, 5.41) is 9.71. The van der Waals surface area contributed by atoms with E-state index in [2.05, 4.69) is 15.6 Å². The number of thiazole rings is 1. The van der Waals surface area contributed by atoms with E-state index < -0.39 is 0 Å². The number of nitrogens with one attached hydrogen (secondary N) is 2. The van der Waals surface area contributed by atoms with Gasteiger partial charge in [-0.05, 0) is 31.7 Å². The summed E-state index contributed by atoms with van der Waals surface area (Å²) in [7, 11) is 0. The van der Waals surface area contributed by atoms with E-state index in [4.69, 9.17) is 4.74 Å². The molecule has 0 aliphatic carbocycles. The third-order valence-electron chi connectivity index (χ3n) is 2.95. The van der Waals surface area contributed by atoms with E-state index in [9.17, 15) is 9.59 Å². The Kier molecular flexibility index (Phi) is 7.36. The van der Waals surface area contributed by atoms with Crippen LogP contribution in [0.15, 0.2) is 22.9 Å². The molecule has 0 spiro atoms. The number of hydrogen-bond acceptors (Lipinski definition) is 6. The molecule has 0 atom stereocenters. The van der Waals surface area contributed by atoms with E-state index in [1.165, 1.54) is 22.7 Å². The molecule has 130 valence electrons. The third-order valence-corrected chi connectivity index (χ3v) is 4.63. The molecule has 0 saturated heterocycles. The van der Waals surface area contributed by atoms with Crippen LogP contribution in [0.25, 0.3) is 0 Å². The highest BCUT2D eigenvalue weighted by Crippen LogP contribution is 2.18. The van der Waals surface area contributed by atoms with E-state index in [1.54, 1.807) is 11.4 Å². The summed E-state index contributed by atoms with van der Waals surface area (Å²) in [5.74, 6) is -0.263. The van der Waals surface area contributed by atoms with E-state index in [1.807, 2.05) is 25.3 Å². The summed E-state index contributed by atoms with van der Waals surface area (Å²) < 4.78 is 5.41. The molecule has 0 saturated carbocycles. The first-order valence-corrected chi connectivity index (χ1v) is 9.48. The Morgan fingerprint density at radius 3 is 2.88 bits per heavy atom. The molecule has 6 nitrogen and oxygen atoms in total. The lowest BCUT2D eigenvalue weighted by molar-refractivity contribution is -0.120.